The Bertz CT molecular complexity index is 682. The van der Waals surface area contributed by atoms with E-state index >= 15 is 0 Å². The van der Waals surface area contributed by atoms with Crippen LogP contribution in [0, 0.1) is 0 Å². The summed E-state index contributed by atoms with van der Waals surface area (Å²) >= 11 is 0. The lowest BCUT2D eigenvalue weighted by Crippen LogP contribution is -1.90. The third-order valence-electron chi connectivity index (χ3n) is 2.57. The average Bonchev–Trinajstić information content (AvgIpc) is 3.01. The second-order valence-electron chi connectivity index (χ2n) is 3.61. The zero-order chi connectivity index (χ0) is 11.9. The van der Waals surface area contributed by atoms with Crippen molar-refractivity contribution in [2.45, 2.75) is 0 Å². The van der Waals surface area contributed by atoms with E-state index in [0.29, 0.717) is 34.2 Å². The zero-order valence-corrected chi connectivity index (χ0v) is 8.89. The Morgan fingerprint density at radius 2 is 1.11 bits per heavy atom. The normalized spacial score (nSPS) is 19.1. The van der Waals surface area contributed by atoms with Crippen LogP contribution >= 0.6 is 0 Å². The molecule has 0 aliphatic carbocycles. The van der Waals surface area contributed by atoms with E-state index in [9.17, 15) is 0 Å². The van der Waals surface area contributed by atoms with Gasteiger partial charge in [-0.1, -0.05) is 0 Å². The van der Waals surface area contributed by atoms with E-state index in [2.05, 4.69) is 40.4 Å². The number of aromatic nitrogens is 4. The van der Waals surface area contributed by atoms with Gasteiger partial charge in [0.25, 0.3) is 0 Å². The third-order valence-corrected chi connectivity index (χ3v) is 2.57. The van der Waals surface area contributed by atoms with Crippen molar-refractivity contribution in [2.24, 2.45) is 20.5 Å². The van der Waals surface area contributed by atoms with Crippen molar-refractivity contribution in [3.8, 4) is 0 Å². The molecule has 0 atom stereocenters. The standard InChI is InChI=1S/C10H4N8/c1-5-7(13-3-11-1)9(17-15-5)10-8-6(16-18-10)2-12-4-14-8/h1-4H. The summed E-state index contributed by atoms with van der Waals surface area (Å²) in [6.45, 7) is 0. The minimum absolute atomic E-state index is 0.564. The van der Waals surface area contributed by atoms with Crippen LogP contribution in [0.15, 0.2) is 45.5 Å². The Kier molecular flexibility index (Phi) is 1.68. The van der Waals surface area contributed by atoms with E-state index < -0.39 is 0 Å². The molecule has 0 bridgehead atoms. The van der Waals surface area contributed by atoms with Gasteiger partial charge >= 0.3 is 0 Å². The molecular formula is C10H4N8. The molecule has 2 aliphatic heterocycles. The SMILES string of the molecule is c1ncc2c(n1)C(=C1N=Nc3cncnc31)N=N2. The fraction of sp³-hybridized carbons (Fsp3) is 0. The van der Waals surface area contributed by atoms with Crippen LogP contribution in [0.5, 0.6) is 0 Å². The maximum absolute atomic E-state index is 4.16. The molecule has 4 rings (SSSR count). The Labute approximate surface area is 100 Å². The summed E-state index contributed by atoms with van der Waals surface area (Å²) < 4.78 is 0. The van der Waals surface area contributed by atoms with Crippen molar-refractivity contribution in [1.29, 1.82) is 0 Å². The van der Waals surface area contributed by atoms with E-state index in [1.54, 1.807) is 12.4 Å². The van der Waals surface area contributed by atoms with Gasteiger partial charge in [-0.25, -0.2) is 19.9 Å². The molecule has 0 fully saturated rings. The molecule has 0 aromatic carbocycles. The number of rotatable bonds is 0. The van der Waals surface area contributed by atoms with Crippen LogP contribution in [-0.4, -0.2) is 19.9 Å². The Morgan fingerprint density at radius 1 is 0.611 bits per heavy atom. The summed E-state index contributed by atoms with van der Waals surface area (Å²) in [4.78, 5) is 16.1. The lowest BCUT2D eigenvalue weighted by molar-refractivity contribution is 1.14. The van der Waals surface area contributed by atoms with E-state index in [4.69, 9.17) is 0 Å². The van der Waals surface area contributed by atoms with Crippen molar-refractivity contribution in [3.05, 3.63) is 36.4 Å². The number of hydrogen-bond acceptors (Lipinski definition) is 8. The van der Waals surface area contributed by atoms with Crippen LogP contribution in [0.3, 0.4) is 0 Å². The molecule has 0 amide bonds. The minimum atomic E-state index is 0.564. The van der Waals surface area contributed by atoms with Gasteiger partial charge in [0.1, 0.15) is 46.8 Å². The van der Waals surface area contributed by atoms with Gasteiger partial charge in [0.15, 0.2) is 0 Å². The molecule has 84 valence electrons. The number of azo groups is 2. The fourth-order valence-corrected chi connectivity index (χ4v) is 1.78. The van der Waals surface area contributed by atoms with Crippen molar-refractivity contribution in [3.63, 3.8) is 0 Å². The van der Waals surface area contributed by atoms with Crippen LogP contribution in [0.4, 0.5) is 11.4 Å². The first-order valence-electron chi connectivity index (χ1n) is 5.12. The van der Waals surface area contributed by atoms with Gasteiger partial charge in [0, 0.05) is 0 Å². The molecule has 4 heterocycles. The first-order chi connectivity index (χ1) is 8.93. The maximum atomic E-state index is 4.16. The lowest BCUT2D eigenvalue weighted by Gasteiger charge is -1.98. The third kappa shape index (κ3) is 1.14. The first-order valence-corrected chi connectivity index (χ1v) is 5.12. The maximum Gasteiger partial charge on any atom is 0.144 e. The molecule has 0 unspecified atom stereocenters. The van der Waals surface area contributed by atoms with Gasteiger partial charge < -0.3 is 0 Å². The molecule has 2 aromatic rings. The van der Waals surface area contributed by atoms with E-state index in [1.807, 2.05) is 0 Å². The second-order valence-corrected chi connectivity index (χ2v) is 3.61. The molecule has 0 spiro atoms. The Hall–Kier alpha value is -2.90. The van der Waals surface area contributed by atoms with Gasteiger partial charge in [-0.2, -0.15) is 0 Å². The van der Waals surface area contributed by atoms with Gasteiger partial charge in [0.2, 0.25) is 0 Å². The molecular weight excluding hydrogens is 232 g/mol. The smallest absolute Gasteiger partial charge is 0.144 e. The number of fused-ring (bicyclic) bond motifs is 2. The molecule has 8 nitrogen and oxygen atoms in total. The van der Waals surface area contributed by atoms with Crippen molar-refractivity contribution >= 4 is 22.8 Å². The van der Waals surface area contributed by atoms with Crippen molar-refractivity contribution in [1.82, 2.24) is 19.9 Å². The highest BCUT2D eigenvalue weighted by Crippen LogP contribution is 2.42. The summed E-state index contributed by atoms with van der Waals surface area (Å²) in [6.07, 6.45) is 6.10. The number of hydrogen-bond donors (Lipinski definition) is 0. The van der Waals surface area contributed by atoms with Gasteiger partial charge in [0.05, 0.1) is 12.4 Å². The van der Waals surface area contributed by atoms with Crippen LogP contribution in [0.1, 0.15) is 11.4 Å². The largest absolute Gasteiger partial charge is 0.242 e. The molecule has 0 saturated carbocycles. The molecule has 0 radical (unpaired) electrons. The van der Waals surface area contributed by atoms with Crippen LogP contribution in [-0.2, 0) is 0 Å². The lowest BCUT2D eigenvalue weighted by atomic mass is 10.2. The monoisotopic (exact) mass is 236 g/mol. The highest BCUT2D eigenvalue weighted by molar-refractivity contribution is 5.95. The van der Waals surface area contributed by atoms with Gasteiger partial charge in [-0.15, -0.1) is 20.5 Å². The number of nitrogens with zero attached hydrogens (tertiary/aromatic N) is 8. The predicted octanol–water partition coefficient (Wildman–Crippen LogP) is 2.29. The second kappa shape index (κ2) is 3.29. The summed E-state index contributed by atoms with van der Waals surface area (Å²) in [5.74, 6) is 0. The molecule has 0 saturated heterocycles. The molecule has 8 heteroatoms. The van der Waals surface area contributed by atoms with Crippen LogP contribution < -0.4 is 0 Å². The fourth-order valence-electron chi connectivity index (χ4n) is 1.78. The summed E-state index contributed by atoms with van der Waals surface area (Å²) in [5, 5.41) is 16.1. The highest BCUT2D eigenvalue weighted by Gasteiger charge is 2.26. The quantitative estimate of drug-likeness (QED) is 0.700. The van der Waals surface area contributed by atoms with Crippen LogP contribution in [0.2, 0.25) is 0 Å². The predicted molar refractivity (Wildman–Crippen MR) is 59.9 cm³/mol. The van der Waals surface area contributed by atoms with E-state index in [-0.39, 0.29) is 0 Å². The highest BCUT2D eigenvalue weighted by atomic mass is 15.2. The summed E-state index contributed by atoms with van der Waals surface area (Å²) in [5.41, 5.74) is 3.66. The summed E-state index contributed by atoms with van der Waals surface area (Å²) in [6, 6.07) is 0. The minimum Gasteiger partial charge on any atom is -0.242 e. The topological polar surface area (TPSA) is 101 Å². The molecule has 2 aromatic heterocycles. The van der Waals surface area contributed by atoms with Crippen molar-refractivity contribution < 1.29 is 0 Å². The van der Waals surface area contributed by atoms with Gasteiger partial charge in [-0.3, -0.25) is 0 Å². The Morgan fingerprint density at radius 3 is 1.61 bits per heavy atom. The van der Waals surface area contributed by atoms with E-state index in [0.717, 1.165) is 0 Å². The van der Waals surface area contributed by atoms with E-state index in [1.165, 1.54) is 12.7 Å². The van der Waals surface area contributed by atoms with Gasteiger partial charge in [-0.05, 0) is 0 Å². The molecule has 2 aliphatic rings. The zero-order valence-electron chi connectivity index (χ0n) is 8.89. The molecule has 0 N–H and O–H groups in total. The summed E-state index contributed by atoms with van der Waals surface area (Å²) in [7, 11) is 0. The van der Waals surface area contributed by atoms with Crippen molar-refractivity contribution in [2.75, 3.05) is 0 Å². The Balaban J connectivity index is 1.99. The molecule has 18 heavy (non-hydrogen) atoms. The average molecular weight is 236 g/mol. The first kappa shape index (κ1) is 9.16. The van der Waals surface area contributed by atoms with Crippen LogP contribution in [0.25, 0.3) is 11.4 Å².